The number of amides is 1. The van der Waals surface area contributed by atoms with Crippen molar-refractivity contribution in [2.45, 2.75) is 19.4 Å². The number of piperazine rings is 1. The maximum Gasteiger partial charge on any atom is 0.274 e. The third kappa shape index (κ3) is 3.83. The van der Waals surface area contributed by atoms with Gasteiger partial charge in [0.1, 0.15) is 0 Å². The van der Waals surface area contributed by atoms with Gasteiger partial charge in [-0.3, -0.25) is 14.7 Å². The summed E-state index contributed by atoms with van der Waals surface area (Å²) in [4.78, 5) is 23.2. The summed E-state index contributed by atoms with van der Waals surface area (Å²) >= 11 is 0. The van der Waals surface area contributed by atoms with Crippen molar-refractivity contribution in [3.63, 3.8) is 0 Å². The summed E-state index contributed by atoms with van der Waals surface area (Å²) in [7, 11) is 0. The average molecular weight is 352 g/mol. The van der Waals surface area contributed by atoms with E-state index in [4.69, 9.17) is 0 Å². The molecule has 4 heterocycles. The maximum absolute atomic E-state index is 12.7. The van der Waals surface area contributed by atoms with E-state index in [0.717, 1.165) is 51.6 Å². The average Bonchev–Trinajstić information content (AvgIpc) is 3.24. The van der Waals surface area contributed by atoms with Crippen LogP contribution in [0.25, 0.3) is 0 Å². The minimum Gasteiger partial charge on any atom is -0.355 e. The Kier molecular flexibility index (Phi) is 5.06. The van der Waals surface area contributed by atoms with E-state index in [2.05, 4.69) is 25.0 Å². The van der Waals surface area contributed by atoms with Gasteiger partial charge in [0.15, 0.2) is 11.5 Å². The van der Waals surface area contributed by atoms with Crippen molar-refractivity contribution >= 4 is 11.7 Å². The molecule has 0 N–H and O–H groups in total. The Hall–Kier alpha value is -2.54. The number of nitrogens with zero attached hydrogens (tertiary/aromatic N) is 6. The molecular formula is C19H24N6O. The highest BCUT2D eigenvalue weighted by Crippen LogP contribution is 2.17. The molecule has 7 nitrogen and oxygen atoms in total. The SMILES string of the molecule is O=C(c1ccc(N2CCCC2)nn1)N1CCN(Cc2ccncc2)CC1. The molecule has 0 spiro atoms. The molecule has 0 unspecified atom stereocenters. The van der Waals surface area contributed by atoms with Crippen molar-refractivity contribution < 1.29 is 4.79 Å². The Balaban J connectivity index is 1.31. The van der Waals surface area contributed by atoms with Crippen LogP contribution in [0.15, 0.2) is 36.7 Å². The third-order valence-corrected chi connectivity index (χ3v) is 5.11. The third-order valence-electron chi connectivity index (χ3n) is 5.11. The molecule has 0 aliphatic carbocycles. The highest BCUT2D eigenvalue weighted by atomic mass is 16.2. The quantitative estimate of drug-likeness (QED) is 0.829. The predicted octanol–water partition coefficient (Wildman–Crippen LogP) is 1.43. The van der Waals surface area contributed by atoms with Crippen LogP contribution >= 0.6 is 0 Å². The number of hydrogen-bond donors (Lipinski definition) is 0. The van der Waals surface area contributed by atoms with Crippen LogP contribution in [0.4, 0.5) is 5.82 Å². The summed E-state index contributed by atoms with van der Waals surface area (Å²) in [5, 5.41) is 8.44. The van der Waals surface area contributed by atoms with Crippen molar-refractivity contribution in [3.05, 3.63) is 47.9 Å². The smallest absolute Gasteiger partial charge is 0.274 e. The second kappa shape index (κ2) is 7.78. The van der Waals surface area contributed by atoms with Crippen LogP contribution in [0.3, 0.4) is 0 Å². The Labute approximate surface area is 153 Å². The Morgan fingerprint density at radius 2 is 1.62 bits per heavy atom. The van der Waals surface area contributed by atoms with E-state index < -0.39 is 0 Å². The van der Waals surface area contributed by atoms with Crippen LogP contribution in [-0.4, -0.2) is 70.2 Å². The first-order chi connectivity index (χ1) is 12.8. The first kappa shape index (κ1) is 16.9. The fourth-order valence-corrected chi connectivity index (χ4v) is 3.57. The summed E-state index contributed by atoms with van der Waals surface area (Å²) in [5.41, 5.74) is 1.69. The Morgan fingerprint density at radius 3 is 2.27 bits per heavy atom. The first-order valence-electron chi connectivity index (χ1n) is 9.29. The molecule has 0 bridgehead atoms. The number of hydrogen-bond acceptors (Lipinski definition) is 6. The van der Waals surface area contributed by atoms with E-state index in [1.807, 2.05) is 41.6 Å². The molecule has 0 saturated carbocycles. The Bertz CT molecular complexity index is 721. The minimum absolute atomic E-state index is 0.0194. The minimum atomic E-state index is -0.0194. The van der Waals surface area contributed by atoms with Gasteiger partial charge in [-0.05, 0) is 42.7 Å². The number of pyridine rings is 1. The van der Waals surface area contributed by atoms with Gasteiger partial charge >= 0.3 is 0 Å². The van der Waals surface area contributed by atoms with Gasteiger partial charge in [0.05, 0.1) is 0 Å². The van der Waals surface area contributed by atoms with Gasteiger partial charge in [0.2, 0.25) is 0 Å². The highest BCUT2D eigenvalue weighted by molar-refractivity contribution is 5.92. The molecule has 0 atom stereocenters. The zero-order valence-electron chi connectivity index (χ0n) is 14.9. The lowest BCUT2D eigenvalue weighted by Crippen LogP contribution is -2.48. The molecule has 2 aliphatic heterocycles. The van der Waals surface area contributed by atoms with Crippen LogP contribution in [0.1, 0.15) is 28.9 Å². The molecule has 2 aliphatic rings. The second-order valence-corrected chi connectivity index (χ2v) is 6.89. The molecule has 26 heavy (non-hydrogen) atoms. The summed E-state index contributed by atoms with van der Waals surface area (Å²) < 4.78 is 0. The lowest BCUT2D eigenvalue weighted by atomic mass is 10.2. The van der Waals surface area contributed by atoms with Crippen LogP contribution < -0.4 is 4.90 Å². The van der Waals surface area contributed by atoms with Gasteiger partial charge in [0, 0.05) is 58.2 Å². The number of anilines is 1. The summed E-state index contributed by atoms with van der Waals surface area (Å²) in [6, 6.07) is 7.81. The number of rotatable bonds is 4. The van der Waals surface area contributed by atoms with Crippen molar-refractivity contribution in [1.29, 1.82) is 0 Å². The van der Waals surface area contributed by atoms with E-state index in [1.54, 1.807) is 0 Å². The fourth-order valence-electron chi connectivity index (χ4n) is 3.57. The lowest BCUT2D eigenvalue weighted by molar-refractivity contribution is 0.0621. The van der Waals surface area contributed by atoms with Crippen LogP contribution in [0, 0.1) is 0 Å². The second-order valence-electron chi connectivity index (χ2n) is 6.89. The molecule has 2 aromatic rings. The molecule has 7 heteroatoms. The summed E-state index contributed by atoms with van der Waals surface area (Å²) in [5.74, 6) is 0.857. The van der Waals surface area contributed by atoms with Crippen LogP contribution in [-0.2, 0) is 6.54 Å². The van der Waals surface area contributed by atoms with Gasteiger partial charge in [-0.1, -0.05) is 0 Å². The van der Waals surface area contributed by atoms with Crippen LogP contribution in [0.2, 0.25) is 0 Å². The largest absolute Gasteiger partial charge is 0.355 e. The normalized spacial score (nSPS) is 18.3. The summed E-state index contributed by atoms with van der Waals surface area (Å²) in [6.45, 7) is 6.14. The topological polar surface area (TPSA) is 65.5 Å². The highest BCUT2D eigenvalue weighted by Gasteiger charge is 2.24. The molecule has 1 amide bonds. The number of carbonyl (C=O) groups excluding carboxylic acids is 1. The van der Waals surface area contributed by atoms with Crippen molar-refractivity contribution in [1.82, 2.24) is 25.0 Å². The van der Waals surface area contributed by atoms with Gasteiger partial charge in [0.25, 0.3) is 5.91 Å². The predicted molar refractivity (Wildman–Crippen MR) is 98.9 cm³/mol. The molecule has 2 fully saturated rings. The number of aromatic nitrogens is 3. The zero-order chi connectivity index (χ0) is 17.8. The molecule has 2 saturated heterocycles. The van der Waals surface area contributed by atoms with E-state index in [0.29, 0.717) is 5.69 Å². The maximum atomic E-state index is 12.7. The van der Waals surface area contributed by atoms with E-state index in [9.17, 15) is 4.79 Å². The zero-order valence-corrected chi connectivity index (χ0v) is 14.9. The van der Waals surface area contributed by atoms with Crippen molar-refractivity contribution in [2.24, 2.45) is 0 Å². The van der Waals surface area contributed by atoms with Gasteiger partial charge in [-0.25, -0.2) is 0 Å². The monoisotopic (exact) mass is 352 g/mol. The Morgan fingerprint density at radius 1 is 0.885 bits per heavy atom. The van der Waals surface area contributed by atoms with E-state index in [1.165, 1.54) is 18.4 Å². The van der Waals surface area contributed by atoms with E-state index in [-0.39, 0.29) is 5.91 Å². The van der Waals surface area contributed by atoms with Gasteiger partial charge < -0.3 is 9.80 Å². The van der Waals surface area contributed by atoms with Crippen molar-refractivity contribution in [2.75, 3.05) is 44.2 Å². The molecule has 0 aromatic carbocycles. The lowest BCUT2D eigenvalue weighted by Gasteiger charge is -2.34. The van der Waals surface area contributed by atoms with Gasteiger partial charge in [-0.2, -0.15) is 0 Å². The standard InChI is InChI=1S/C19H24N6O/c26-19(17-3-4-18(22-21-17)24-9-1-2-10-24)25-13-11-23(12-14-25)15-16-5-7-20-8-6-16/h3-8H,1-2,9-15H2. The summed E-state index contributed by atoms with van der Waals surface area (Å²) in [6.07, 6.45) is 6.04. The molecule has 0 radical (unpaired) electrons. The first-order valence-corrected chi connectivity index (χ1v) is 9.29. The van der Waals surface area contributed by atoms with Crippen molar-refractivity contribution in [3.8, 4) is 0 Å². The van der Waals surface area contributed by atoms with E-state index >= 15 is 0 Å². The molecule has 2 aromatic heterocycles. The molecular weight excluding hydrogens is 328 g/mol. The molecule has 136 valence electrons. The fraction of sp³-hybridized carbons (Fsp3) is 0.474. The molecule has 4 rings (SSSR count). The number of carbonyl (C=O) groups is 1. The van der Waals surface area contributed by atoms with Gasteiger partial charge in [-0.15, -0.1) is 10.2 Å². The van der Waals surface area contributed by atoms with Crippen LogP contribution in [0.5, 0.6) is 0 Å².